The molecule has 12 nitrogen and oxygen atoms in total. The summed E-state index contributed by atoms with van der Waals surface area (Å²) in [6.07, 6.45) is 0.0668. The fourth-order valence-electron chi connectivity index (χ4n) is 4.95. The predicted octanol–water partition coefficient (Wildman–Crippen LogP) is 2.69. The summed E-state index contributed by atoms with van der Waals surface area (Å²) in [5, 5.41) is 20.9. The van der Waals surface area contributed by atoms with E-state index in [4.69, 9.17) is 14.2 Å². The van der Waals surface area contributed by atoms with Crippen LogP contribution in [0.3, 0.4) is 0 Å². The summed E-state index contributed by atoms with van der Waals surface area (Å²) in [6.45, 7) is 9.07. The lowest BCUT2D eigenvalue weighted by Gasteiger charge is -2.40. The van der Waals surface area contributed by atoms with Gasteiger partial charge in [0, 0.05) is 58.6 Å². The Kier molecular flexibility index (Phi) is 15.2. The molecule has 0 aromatic heterocycles. The highest BCUT2D eigenvalue weighted by molar-refractivity contribution is 7.89. The van der Waals surface area contributed by atoms with Crippen molar-refractivity contribution in [2.45, 2.75) is 57.6 Å². The second-order valence-corrected chi connectivity index (χ2v) is 14.3. The van der Waals surface area contributed by atoms with Crippen LogP contribution in [0, 0.1) is 11.3 Å². The van der Waals surface area contributed by atoms with E-state index in [1.54, 1.807) is 13.2 Å². The van der Waals surface area contributed by atoms with Gasteiger partial charge in [0.15, 0.2) is 11.5 Å². The number of rotatable bonds is 19. The molecule has 2 aromatic carbocycles. The highest BCUT2D eigenvalue weighted by Gasteiger charge is 2.43. The number of carbonyl (C=O) groups is 2. The zero-order valence-electron chi connectivity index (χ0n) is 27.3. The van der Waals surface area contributed by atoms with Gasteiger partial charge in [0.05, 0.1) is 18.0 Å². The van der Waals surface area contributed by atoms with Crippen molar-refractivity contribution in [1.82, 2.24) is 20.3 Å². The van der Waals surface area contributed by atoms with E-state index in [1.165, 1.54) is 12.1 Å². The first-order chi connectivity index (χ1) is 21.3. The molecule has 1 aliphatic heterocycles. The molecule has 1 unspecified atom stereocenters. The van der Waals surface area contributed by atoms with Crippen molar-refractivity contribution in [1.29, 1.82) is 0 Å². The largest absolute Gasteiger partial charge is 0.454 e. The Hall–Kier alpha value is -2.94. The van der Waals surface area contributed by atoms with Gasteiger partial charge in [0.25, 0.3) is 0 Å². The van der Waals surface area contributed by atoms with Gasteiger partial charge in [-0.3, -0.25) is 9.59 Å². The molecule has 46 heavy (non-hydrogen) atoms. The number of fused-ring (bicyclic) bond motifs is 1. The minimum atomic E-state index is -4.22. The zero-order chi connectivity index (χ0) is 33.1. The van der Waals surface area contributed by atoms with Crippen molar-refractivity contribution in [2.24, 2.45) is 11.3 Å². The molecular weight excluding hydrogens is 636 g/mol. The van der Waals surface area contributed by atoms with Crippen molar-refractivity contribution in [3.05, 3.63) is 54.1 Å². The molecule has 14 heteroatoms. The molecule has 258 valence electrons. The van der Waals surface area contributed by atoms with Crippen LogP contribution in [0.4, 0.5) is 0 Å². The van der Waals surface area contributed by atoms with E-state index < -0.39 is 21.2 Å². The maximum atomic E-state index is 14.2. The smallest absolute Gasteiger partial charge is 0.245 e. The minimum absolute atomic E-state index is 0. The summed E-state index contributed by atoms with van der Waals surface area (Å²) in [5.41, 5.74) is -1.67. The Morgan fingerprint density at radius 2 is 1.72 bits per heavy atom. The highest BCUT2D eigenvalue weighted by Crippen LogP contribution is 2.37. The first-order valence-electron chi connectivity index (χ1n) is 15.2. The third-order valence-electron chi connectivity index (χ3n) is 7.28. The number of nitrogens with zero attached hydrogens (tertiary/aromatic N) is 1. The van der Waals surface area contributed by atoms with Gasteiger partial charge in [-0.05, 0) is 29.0 Å². The fourth-order valence-corrected chi connectivity index (χ4v) is 6.80. The van der Waals surface area contributed by atoms with Gasteiger partial charge in [0.2, 0.25) is 28.6 Å². The molecule has 0 bridgehead atoms. The molecule has 2 aromatic rings. The first kappa shape index (κ1) is 39.2. The van der Waals surface area contributed by atoms with E-state index in [-0.39, 0.29) is 80.7 Å². The van der Waals surface area contributed by atoms with E-state index in [1.807, 2.05) is 58.0 Å². The van der Waals surface area contributed by atoms with Crippen molar-refractivity contribution < 1.29 is 37.3 Å². The number of amides is 2. The van der Waals surface area contributed by atoms with Crippen LogP contribution in [-0.2, 0) is 30.8 Å². The summed E-state index contributed by atoms with van der Waals surface area (Å²) in [5.74, 6) is 0.202. The van der Waals surface area contributed by atoms with Gasteiger partial charge < -0.3 is 35.3 Å². The normalized spacial score (nSPS) is 14.1. The SMILES string of the molecule is COCCNCC(=O)NCC(C)(C)CC(=O)NCCC(O)(Cc1ccccc1)N(CC(C)C)S(=O)(=O)c1ccc2c(c1)OCO2.Cl. The van der Waals surface area contributed by atoms with Crippen LogP contribution in [0.1, 0.15) is 46.1 Å². The number of hydrogen-bond donors (Lipinski definition) is 4. The molecule has 1 atom stereocenters. The number of ether oxygens (including phenoxy) is 3. The maximum absolute atomic E-state index is 14.2. The molecule has 3 rings (SSSR count). The molecule has 0 saturated heterocycles. The topological polar surface area (TPSA) is 156 Å². The Morgan fingerprint density at radius 1 is 1.02 bits per heavy atom. The average Bonchev–Trinajstić information content (AvgIpc) is 3.45. The summed E-state index contributed by atoms with van der Waals surface area (Å²) >= 11 is 0. The Balaban J connectivity index is 0.00000736. The summed E-state index contributed by atoms with van der Waals surface area (Å²) in [6, 6.07) is 13.5. The summed E-state index contributed by atoms with van der Waals surface area (Å²) < 4.78 is 45.2. The van der Waals surface area contributed by atoms with Gasteiger partial charge in [-0.2, -0.15) is 4.31 Å². The van der Waals surface area contributed by atoms with Crippen LogP contribution >= 0.6 is 12.4 Å². The van der Waals surface area contributed by atoms with Crippen molar-refractivity contribution in [3.8, 4) is 11.5 Å². The number of halogens is 1. The van der Waals surface area contributed by atoms with Crippen molar-refractivity contribution in [3.63, 3.8) is 0 Å². The van der Waals surface area contributed by atoms with Crippen LogP contribution < -0.4 is 25.4 Å². The highest BCUT2D eigenvalue weighted by atomic mass is 35.5. The zero-order valence-corrected chi connectivity index (χ0v) is 29.0. The number of carbonyl (C=O) groups excluding carboxylic acids is 2. The van der Waals surface area contributed by atoms with Gasteiger partial charge in [-0.1, -0.05) is 58.0 Å². The van der Waals surface area contributed by atoms with Crippen molar-refractivity contribution in [2.75, 3.05) is 53.2 Å². The molecule has 1 heterocycles. The van der Waals surface area contributed by atoms with E-state index >= 15 is 0 Å². The monoisotopic (exact) mass is 684 g/mol. The minimum Gasteiger partial charge on any atom is -0.454 e. The van der Waals surface area contributed by atoms with Crippen LogP contribution in [0.2, 0.25) is 0 Å². The van der Waals surface area contributed by atoms with Gasteiger partial charge >= 0.3 is 0 Å². The third-order valence-corrected chi connectivity index (χ3v) is 9.20. The average molecular weight is 685 g/mol. The lowest BCUT2D eigenvalue weighted by Crippen LogP contribution is -2.55. The maximum Gasteiger partial charge on any atom is 0.245 e. The van der Waals surface area contributed by atoms with Crippen LogP contribution in [0.25, 0.3) is 0 Å². The molecule has 4 N–H and O–H groups in total. The predicted molar refractivity (Wildman–Crippen MR) is 177 cm³/mol. The molecule has 2 amide bonds. The lowest BCUT2D eigenvalue weighted by molar-refractivity contribution is -0.125. The standard InChI is InChI=1S/C32H48N4O8S.ClH/c1-24(2)21-36(45(40,41)26-11-12-27-28(17-26)44-23-43-27)32(39,18-25-9-7-6-8-10-25)13-14-34-29(37)19-31(3,4)22-35-30(38)20-33-15-16-42-5;/h6-12,17,24,33,39H,13-16,18-23H2,1-5H3,(H,34,37)(H,35,38);1H. The summed E-state index contributed by atoms with van der Waals surface area (Å²) in [7, 11) is -2.63. The quantitative estimate of drug-likeness (QED) is 0.129. The van der Waals surface area contributed by atoms with Crippen LogP contribution in [-0.4, -0.2) is 88.6 Å². The fraction of sp³-hybridized carbons (Fsp3) is 0.562. The molecule has 0 saturated carbocycles. The molecule has 1 aliphatic rings. The number of methoxy groups -OCH3 is 1. The molecule has 0 aliphatic carbocycles. The number of hydrogen-bond acceptors (Lipinski definition) is 9. The molecule has 0 spiro atoms. The van der Waals surface area contributed by atoms with Crippen LogP contribution in [0.15, 0.2) is 53.4 Å². The lowest BCUT2D eigenvalue weighted by atomic mass is 9.88. The van der Waals surface area contributed by atoms with Crippen molar-refractivity contribution >= 4 is 34.2 Å². The van der Waals surface area contributed by atoms with E-state index in [9.17, 15) is 23.1 Å². The number of benzene rings is 2. The number of aliphatic hydroxyl groups is 1. The third kappa shape index (κ3) is 11.7. The molecule has 0 fully saturated rings. The van der Waals surface area contributed by atoms with Crippen LogP contribution in [0.5, 0.6) is 11.5 Å². The Bertz CT molecular complexity index is 1380. The number of sulfonamides is 1. The molecular formula is C32H49ClN4O8S. The second-order valence-electron chi connectivity index (χ2n) is 12.5. The van der Waals surface area contributed by atoms with Gasteiger partial charge in [-0.15, -0.1) is 12.4 Å². The van der Waals surface area contributed by atoms with E-state index in [0.717, 1.165) is 9.87 Å². The molecule has 0 radical (unpaired) electrons. The second kappa shape index (κ2) is 17.8. The summed E-state index contributed by atoms with van der Waals surface area (Å²) in [4.78, 5) is 25.1. The first-order valence-corrected chi connectivity index (χ1v) is 16.6. The number of nitrogens with one attached hydrogen (secondary N) is 3. The Morgan fingerprint density at radius 3 is 2.39 bits per heavy atom. The van der Waals surface area contributed by atoms with Gasteiger partial charge in [-0.25, -0.2) is 8.42 Å². The van der Waals surface area contributed by atoms with E-state index in [2.05, 4.69) is 16.0 Å². The van der Waals surface area contributed by atoms with Gasteiger partial charge in [0.1, 0.15) is 5.72 Å². The Labute approximate surface area is 279 Å². The van der Waals surface area contributed by atoms with E-state index in [0.29, 0.717) is 31.2 Å².